The third-order valence-electron chi connectivity index (χ3n) is 2.42. The van der Waals surface area contributed by atoms with Crippen molar-refractivity contribution in [2.75, 3.05) is 0 Å². The monoisotopic (exact) mass is 201 g/mol. The Kier molecular flexibility index (Phi) is 2.86. The van der Waals surface area contributed by atoms with E-state index < -0.39 is 0 Å². The van der Waals surface area contributed by atoms with Crippen molar-refractivity contribution >= 4 is 5.71 Å². The molecule has 0 aliphatic carbocycles. The highest BCUT2D eigenvalue weighted by atomic mass is 16.5. The highest BCUT2D eigenvalue weighted by molar-refractivity contribution is 5.93. The minimum atomic E-state index is 0.140. The van der Waals surface area contributed by atoms with E-state index in [4.69, 9.17) is 10.1 Å². The van der Waals surface area contributed by atoms with E-state index in [0.29, 0.717) is 5.71 Å². The summed E-state index contributed by atoms with van der Waals surface area (Å²) in [5, 5.41) is 7.66. The van der Waals surface area contributed by atoms with Crippen LogP contribution in [0.2, 0.25) is 0 Å². The zero-order chi connectivity index (χ0) is 10.7. The number of hydrogen-bond acceptors (Lipinski definition) is 2. The Morgan fingerprint density at radius 1 is 1.33 bits per heavy atom. The van der Waals surface area contributed by atoms with Gasteiger partial charge in [-0.1, -0.05) is 30.3 Å². The molecule has 1 aliphatic heterocycles. The molecule has 1 atom stereocenters. The largest absolute Gasteiger partial charge is 0.494 e. The first-order valence-corrected chi connectivity index (χ1v) is 5.22. The first kappa shape index (κ1) is 9.97. The van der Waals surface area contributed by atoms with Gasteiger partial charge in [-0.2, -0.15) is 0 Å². The Morgan fingerprint density at radius 2 is 2.07 bits per heavy atom. The van der Waals surface area contributed by atoms with Gasteiger partial charge in [0.05, 0.1) is 0 Å². The Balaban J connectivity index is 2.09. The summed E-state index contributed by atoms with van der Waals surface area (Å²) >= 11 is 0. The smallest absolute Gasteiger partial charge is 0.103 e. The summed E-state index contributed by atoms with van der Waals surface area (Å²) in [4.78, 5) is 0. The lowest BCUT2D eigenvalue weighted by molar-refractivity contribution is 0.128. The van der Waals surface area contributed by atoms with Gasteiger partial charge in [-0.15, -0.1) is 0 Å². The second kappa shape index (κ2) is 4.30. The van der Waals surface area contributed by atoms with Crippen molar-refractivity contribution in [3.63, 3.8) is 0 Å². The van der Waals surface area contributed by atoms with Crippen LogP contribution in [-0.4, -0.2) is 11.8 Å². The van der Waals surface area contributed by atoms with Gasteiger partial charge in [0.1, 0.15) is 11.9 Å². The zero-order valence-electron chi connectivity index (χ0n) is 8.86. The normalized spacial score (nSPS) is 20.7. The molecule has 0 saturated carbocycles. The fourth-order valence-electron chi connectivity index (χ4n) is 1.79. The second-order valence-corrected chi connectivity index (χ2v) is 3.93. The summed E-state index contributed by atoms with van der Waals surface area (Å²) in [6.45, 7) is 2.01. The average Bonchev–Trinajstić information content (AvgIpc) is 2.17. The third-order valence-corrected chi connectivity index (χ3v) is 2.42. The van der Waals surface area contributed by atoms with E-state index in [1.54, 1.807) is 0 Å². The molecule has 1 unspecified atom stereocenters. The van der Waals surface area contributed by atoms with E-state index in [-0.39, 0.29) is 6.10 Å². The van der Waals surface area contributed by atoms with Gasteiger partial charge in [0, 0.05) is 18.6 Å². The van der Waals surface area contributed by atoms with Gasteiger partial charge < -0.3 is 10.1 Å². The molecule has 0 aromatic heterocycles. The summed E-state index contributed by atoms with van der Waals surface area (Å²) in [6, 6.07) is 10.2. The molecule has 0 radical (unpaired) electrons. The second-order valence-electron chi connectivity index (χ2n) is 3.93. The van der Waals surface area contributed by atoms with Gasteiger partial charge in [-0.3, -0.25) is 0 Å². The lowest BCUT2D eigenvalue weighted by Gasteiger charge is -2.22. The molecule has 1 aromatic rings. The van der Waals surface area contributed by atoms with Gasteiger partial charge in [0.15, 0.2) is 0 Å². The van der Waals surface area contributed by atoms with Crippen LogP contribution in [0.1, 0.15) is 18.9 Å². The molecule has 0 bridgehead atoms. The summed E-state index contributed by atoms with van der Waals surface area (Å²) < 4.78 is 5.68. The standard InChI is InChI=1S/C13H15NO/c1-10-7-12(14)9-13(15-10)8-11-5-3-2-4-6-11/h2-6,9-10,14H,7-8H2,1H3. The lowest BCUT2D eigenvalue weighted by atomic mass is 10.1. The number of ether oxygens (including phenoxy) is 1. The van der Waals surface area contributed by atoms with E-state index in [2.05, 4.69) is 12.1 Å². The number of hydrogen-bond donors (Lipinski definition) is 1. The molecular weight excluding hydrogens is 186 g/mol. The van der Waals surface area contributed by atoms with E-state index >= 15 is 0 Å². The first-order chi connectivity index (χ1) is 7.24. The maximum Gasteiger partial charge on any atom is 0.103 e. The molecule has 1 heterocycles. The number of allylic oxidation sites excluding steroid dienone is 2. The predicted molar refractivity (Wildman–Crippen MR) is 61.1 cm³/mol. The summed E-state index contributed by atoms with van der Waals surface area (Å²) in [6.07, 6.45) is 3.49. The van der Waals surface area contributed by atoms with Gasteiger partial charge in [-0.05, 0) is 18.6 Å². The van der Waals surface area contributed by atoms with E-state index in [9.17, 15) is 0 Å². The molecule has 1 aromatic carbocycles. The molecule has 0 spiro atoms. The van der Waals surface area contributed by atoms with Crippen LogP contribution in [0.5, 0.6) is 0 Å². The van der Waals surface area contributed by atoms with Crippen molar-refractivity contribution < 1.29 is 4.74 Å². The molecule has 0 fully saturated rings. The molecule has 2 heteroatoms. The maximum atomic E-state index is 7.66. The van der Waals surface area contributed by atoms with Gasteiger partial charge in [0.25, 0.3) is 0 Å². The van der Waals surface area contributed by atoms with Crippen LogP contribution >= 0.6 is 0 Å². The average molecular weight is 201 g/mol. The fraction of sp³-hybridized carbons (Fsp3) is 0.308. The van der Waals surface area contributed by atoms with E-state index in [0.717, 1.165) is 18.6 Å². The highest BCUT2D eigenvalue weighted by Crippen LogP contribution is 2.18. The molecule has 78 valence electrons. The molecule has 0 amide bonds. The molecule has 1 N–H and O–H groups in total. The van der Waals surface area contributed by atoms with Crippen molar-refractivity contribution in [3.05, 3.63) is 47.7 Å². The van der Waals surface area contributed by atoms with E-state index in [1.807, 2.05) is 31.2 Å². The molecule has 0 saturated heterocycles. The molecule has 2 nitrogen and oxygen atoms in total. The van der Waals surface area contributed by atoms with Crippen molar-refractivity contribution in [1.82, 2.24) is 0 Å². The maximum absolute atomic E-state index is 7.66. The van der Waals surface area contributed by atoms with Crippen LogP contribution in [0.15, 0.2) is 42.2 Å². The quantitative estimate of drug-likeness (QED) is 0.784. The zero-order valence-corrected chi connectivity index (χ0v) is 8.86. The lowest BCUT2D eigenvalue weighted by Crippen LogP contribution is -2.19. The SMILES string of the molecule is CC1CC(=N)C=C(Cc2ccccc2)O1. The van der Waals surface area contributed by atoms with Gasteiger partial charge in [-0.25, -0.2) is 0 Å². The van der Waals surface area contributed by atoms with Crippen LogP contribution in [0.3, 0.4) is 0 Å². The Labute approximate surface area is 90.1 Å². The van der Waals surface area contributed by atoms with Gasteiger partial charge in [0.2, 0.25) is 0 Å². The first-order valence-electron chi connectivity index (χ1n) is 5.22. The van der Waals surface area contributed by atoms with Crippen LogP contribution < -0.4 is 0 Å². The van der Waals surface area contributed by atoms with Crippen molar-refractivity contribution in [2.24, 2.45) is 0 Å². The van der Waals surface area contributed by atoms with Crippen LogP contribution in [0, 0.1) is 5.41 Å². The number of rotatable bonds is 2. The fourth-order valence-corrected chi connectivity index (χ4v) is 1.79. The number of nitrogens with one attached hydrogen (secondary N) is 1. The van der Waals surface area contributed by atoms with Crippen molar-refractivity contribution in [1.29, 1.82) is 5.41 Å². The minimum absolute atomic E-state index is 0.140. The topological polar surface area (TPSA) is 33.1 Å². The summed E-state index contributed by atoms with van der Waals surface area (Å²) in [5.41, 5.74) is 1.89. The Bertz CT molecular complexity index is 381. The number of benzene rings is 1. The van der Waals surface area contributed by atoms with Gasteiger partial charge >= 0.3 is 0 Å². The minimum Gasteiger partial charge on any atom is -0.494 e. The predicted octanol–water partition coefficient (Wildman–Crippen LogP) is 2.94. The summed E-state index contributed by atoms with van der Waals surface area (Å²) in [5.74, 6) is 0.907. The van der Waals surface area contributed by atoms with Crippen LogP contribution in [0.4, 0.5) is 0 Å². The molecule has 2 rings (SSSR count). The van der Waals surface area contributed by atoms with Crippen molar-refractivity contribution in [3.8, 4) is 0 Å². The van der Waals surface area contributed by atoms with E-state index in [1.165, 1.54) is 5.56 Å². The molecule has 1 aliphatic rings. The van der Waals surface area contributed by atoms with Crippen LogP contribution in [-0.2, 0) is 11.2 Å². The molecular formula is C13H15NO. The highest BCUT2D eigenvalue weighted by Gasteiger charge is 2.15. The Hall–Kier alpha value is -1.57. The summed E-state index contributed by atoms with van der Waals surface area (Å²) in [7, 11) is 0. The van der Waals surface area contributed by atoms with Crippen molar-refractivity contribution in [2.45, 2.75) is 25.9 Å². The molecule has 15 heavy (non-hydrogen) atoms. The Morgan fingerprint density at radius 3 is 2.73 bits per heavy atom. The van der Waals surface area contributed by atoms with Crippen LogP contribution in [0.25, 0.3) is 0 Å². The third kappa shape index (κ3) is 2.69.